The van der Waals surface area contributed by atoms with E-state index in [1.54, 1.807) is 28.9 Å². The fourth-order valence-corrected chi connectivity index (χ4v) is 4.16. The van der Waals surface area contributed by atoms with Gasteiger partial charge in [0.25, 0.3) is 11.4 Å². The number of hydrogen-bond donors (Lipinski definition) is 2. The number of aromatic amines is 1. The molecule has 0 spiro atoms. The quantitative estimate of drug-likeness (QED) is 0.524. The first-order chi connectivity index (χ1) is 14.9. The van der Waals surface area contributed by atoms with E-state index in [9.17, 15) is 9.18 Å². The van der Waals surface area contributed by atoms with Crippen LogP contribution in [0.3, 0.4) is 0 Å². The summed E-state index contributed by atoms with van der Waals surface area (Å²) in [6.45, 7) is 5.72. The Bertz CT molecular complexity index is 1280. The maximum atomic E-state index is 13.3. The summed E-state index contributed by atoms with van der Waals surface area (Å²) in [5.74, 6) is 0.700. The van der Waals surface area contributed by atoms with Gasteiger partial charge in [-0.15, -0.1) is 0 Å². The standard InChI is InChI=1S/C22H23FN6O2/c1-22(2,14-3-5-15(23)6-4-14)21-27-20(31-28-21)16-12-25-29-17(11-18(30)26-19(16)29)13-7-9-24-10-8-13/h3-6,11-13,24H,7-10H2,1-2H3,(H,26,30). The van der Waals surface area contributed by atoms with Crippen molar-refractivity contribution in [2.24, 2.45) is 0 Å². The molecule has 1 saturated heterocycles. The van der Waals surface area contributed by atoms with E-state index in [1.807, 2.05) is 13.8 Å². The number of benzene rings is 1. The molecule has 160 valence electrons. The van der Waals surface area contributed by atoms with E-state index >= 15 is 0 Å². The van der Waals surface area contributed by atoms with Gasteiger partial charge in [-0.1, -0.05) is 17.3 Å². The minimum Gasteiger partial charge on any atom is -0.334 e. The molecule has 0 radical (unpaired) electrons. The first kappa shape index (κ1) is 19.6. The van der Waals surface area contributed by atoms with Gasteiger partial charge >= 0.3 is 0 Å². The first-order valence-electron chi connectivity index (χ1n) is 10.4. The van der Waals surface area contributed by atoms with Gasteiger partial charge in [0.1, 0.15) is 17.0 Å². The summed E-state index contributed by atoms with van der Waals surface area (Å²) in [6.07, 6.45) is 3.53. The molecule has 0 bridgehead atoms. The van der Waals surface area contributed by atoms with Gasteiger partial charge in [-0.25, -0.2) is 8.91 Å². The van der Waals surface area contributed by atoms with Crippen LogP contribution < -0.4 is 10.9 Å². The lowest BCUT2D eigenvalue weighted by Crippen LogP contribution is -2.28. The van der Waals surface area contributed by atoms with Gasteiger partial charge in [0.05, 0.1) is 17.3 Å². The van der Waals surface area contributed by atoms with Crippen molar-refractivity contribution in [3.8, 4) is 11.5 Å². The molecule has 4 aromatic rings. The molecule has 3 aromatic heterocycles. The molecule has 0 amide bonds. The molecule has 1 aliphatic heterocycles. The Morgan fingerprint density at radius 1 is 1.19 bits per heavy atom. The molecule has 9 heteroatoms. The number of nitrogens with one attached hydrogen (secondary N) is 2. The van der Waals surface area contributed by atoms with E-state index in [4.69, 9.17) is 4.52 Å². The maximum absolute atomic E-state index is 13.3. The number of halogens is 1. The summed E-state index contributed by atoms with van der Waals surface area (Å²) in [5.41, 5.74) is 2.08. The predicted molar refractivity (Wildman–Crippen MR) is 112 cm³/mol. The second-order valence-electron chi connectivity index (χ2n) is 8.46. The van der Waals surface area contributed by atoms with Crippen LogP contribution in [0.5, 0.6) is 0 Å². The fourth-order valence-electron chi connectivity index (χ4n) is 4.16. The molecular formula is C22H23FN6O2. The lowest BCUT2D eigenvalue weighted by molar-refractivity contribution is 0.408. The highest BCUT2D eigenvalue weighted by molar-refractivity contribution is 5.71. The van der Waals surface area contributed by atoms with E-state index in [0.29, 0.717) is 17.0 Å². The van der Waals surface area contributed by atoms with Crippen LogP contribution in [0.15, 0.2) is 45.8 Å². The van der Waals surface area contributed by atoms with Crippen molar-refractivity contribution >= 4 is 5.65 Å². The summed E-state index contributed by atoms with van der Waals surface area (Å²) >= 11 is 0. The lowest BCUT2D eigenvalue weighted by atomic mass is 9.84. The molecule has 0 atom stereocenters. The first-order valence-corrected chi connectivity index (χ1v) is 10.4. The number of fused-ring (bicyclic) bond motifs is 1. The summed E-state index contributed by atoms with van der Waals surface area (Å²) in [7, 11) is 0. The SMILES string of the molecule is CC(C)(c1ccc(F)cc1)c1noc(-c2cnn3c(C4CCNCC4)cc(=O)[nH]c23)n1. The highest BCUT2D eigenvalue weighted by Gasteiger charge is 2.30. The second-order valence-corrected chi connectivity index (χ2v) is 8.46. The van der Waals surface area contributed by atoms with Crippen LogP contribution in [0.2, 0.25) is 0 Å². The lowest BCUT2D eigenvalue weighted by Gasteiger charge is -2.23. The zero-order valence-electron chi connectivity index (χ0n) is 17.4. The summed E-state index contributed by atoms with van der Waals surface area (Å²) in [6, 6.07) is 7.87. The van der Waals surface area contributed by atoms with Crippen LogP contribution in [0.4, 0.5) is 4.39 Å². The van der Waals surface area contributed by atoms with Crippen LogP contribution >= 0.6 is 0 Å². The maximum Gasteiger partial charge on any atom is 0.263 e. The summed E-state index contributed by atoms with van der Waals surface area (Å²) in [5, 5.41) is 12.0. The Labute approximate surface area is 177 Å². The van der Waals surface area contributed by atoms with Crippen LogP contribution in [0.25, 0.3) is 17.1 Å². The van der Waals surface area contributed by atoms with Crippen molar-refractivity contribution in [2.75, 3.05) is 13.1 Å². The summed E-state index contributed by atoms with van der Waals surface area (Å²) in [4.78, 5) is 19.8. The molecule has 5 rings (SSSR count). The third-order valence-electron chi connectivity index (χ3n) is 6.07. The third kappa shape index (κ3) is 3.44. The van der Waals surface area contributed by atoms with E-state index < -0.39 is 5.41 Å². The van der Waals surface area contributed by atoms with Gasteiger partial charge < -0.3 is 14.8 Å². The third-order valence-corrected chi connectivity index (χ3v) is 6.07. The molecule has 0 saturated carbocycles. The smallest absolute Gasteiger partial charge is 0.263 e. The highest BCUT2D eigenvalue weighted by Crippen LogP contribution is 2.32. The van der Waals surface area contributed by atoms with Crippen molar-refractivity contribution in [2.45, 2.75) is 38.0 Å². The van der Waals surface area contributed by atoms with Gasteiger partial charge in [-0.2, -0.15) is 10.1 Å². The minimum absolute atomic E-state index is 0.186. The van der Waals surface area contributed by atoms with Crippen molar-refractivity contribution in [1.82, 2.24) is 30.1 Å². The average molecular weight is 422 g/mol. The Morgan fingerprint density at radius 3 is 2.68 bits per heavy atom. The number of rotatable bonds is 4. The van der Waals surface area contributed by atoms with Crippen LogP contribution in [-0.2, 0) is 5.41 Å². The van der Waals surface area contributed by atoms with E-state index in [-0.39, 0.29) is 23.2 Å². The molecule has 31 heavy (non-hydrogen) atoms. The number of aromatic nitrogens is 5. The Morgan fingerprint density at radius 2 is 1.94 bits per heavy atom. The number of hydrogen-bond acceptors (Lipinski definition) is 6. The van der Waals surface area contributed by atoms with Crippen molar-refractivity contribution in [1.29, 1.82) is 0 Å². The van der Waals surface area contributed by atoms with Gasteiger partial charge in [0, 0.05) is 12.0 Å². The zero-order valence-corrected chi connectivity index (χ0v) is 17.4. The Kier molecular flexibility index (Phi) is 4.70. The average Bonchev–Trinajstić information content (AvgIpc) is 3.41. The van der Waals surface area contributed by atoms with Crippen molar-refractivity contribution < 1.29 is 8.91 Å². The number of piperidine rings is 1. The molecule has 2 N–H and O–H groups in total. The van der Waals surface area contributed by atoms with E-state index in [1.165, 1.54) is 12.1 Å². The Balaban J connectivity index is 1.55. The largest absolute Gasteiger partial charge is 0.334 e. The second kappa shape index (κ2) is 7.42. The molecule has 0 unspecified atom stereocenters. The number of nitrogens with zero attached hydrogens (tertiary/aromatic N) is 4. The van der Waals surface area contributed by atoms with E-state index in [0.717, 1.165) is 37.2 Å². The zero-order chi connectivity index (χ0) is 21.6. The normalized spacial score (nSPS) is 15.6. The minimum atomic E-state index is -0.591. The Hall–Kier alpha value is -3.33. The predicted octanol–water partition coefficient (Wildman–Crippen LogP) is 3.00. The molecule has 0 aliphatic carbocycles. The molecule has 1 fully saturated rings. The van der Waals surface area contributed by atoms with Gasteiger partial charge in [-0.05, 0) is 57.5 Å². The van der Waals surface area contributed by atoms with Gasteiger partial charge in [-0.3, -0.25) is 4.79 Å². The van der Waals surface area contributed by atoms with Crippen molar-refractivity contribution in [3.63, 3.8) is 0 Å². The fraction of sp³-hybridized carbons (Fsp3) is 0.364. The van der Waals surface area contributed by atoms with Crippen LogP contribution in [0.1, 0.15) is 49.7 Å². The molecule has 1 aliphatic rings. The van der Waals surface area contributed by atoms with Crippen molar-refractivity contribution in [3.05, 3.63) is 69.8 Å². The van der Waals surface area contributed by atoms with Crippen LogP contribution in [-0.4, -0.2) is 37.8 Å². The monoisotopic (exact) mass is 422 g/mol. The molecular weight excluding hydrogens is 399 g/mol. The topological polar surface area (TPSA) is 101 Å². The van der Waals surface area contributed by atoms with Crippen LogP contribution in [0, 0.1) is 5.82 Å². The van der Waals surface area contributed by atoms with Gasteiger partial charge in [0.15, 0.2) is 5.82 Å². The summed E-state index contributed by atoms with van der Waals surface area (Å²) < 4.78 is 20.6. The van der Waals surface area contributed by atoms with Gasteiger partial charge in [0.2, 0.25) is 0 Å². The molecule has 1 aromatic carbocycles. The van der Waals surface area contributed by atoms with E-state index in [2.05, 4.69) is 25.5 Å². The highest BCUT2D eigenvalue weighted by atomic mass is 19.1. The molecule has 8 nitrogen and oxygen atoms in total. The number of H-pyrrole nitrogens is 1. The molecule has 4 heterocycles.